The first-order chi connectivity index (χ1) is 14.8. The topological polar surface area (TPSA) is 61.5 Å². The van der Waals surface area contributed by atoms with Crippen molar-refractivity contribution in [2.24, 2.45) is 5.73 Å². The average molecular weight is 460 g/mol. The lowest BCUT2D eigenvalue weighted by atomic mass is 9.88. The maximum Gasteiger partial charge on any atom is 0.391 e. The molecule has 0 heterocycles. The second kappa shape index (κ2) is 13.1. The highest BCUT2D eigenvalue weighted by molar-refractivity contribution is 5.81. The Labute approximate surface area is 191 Å². The predicted octanol–water partition coefficient (Wildman–Crippen LogP) is 6.74. The molecule has 2 N–H and O–H groups in total. The second-order valence-corrected chi connectivity index (χ2v) is 9.59. The fourth-order valence-corrected chi connectivity index (χ4v) is 3.44. The normalized spacial score (nSPS) is 14.1. The Morgan fingerprint density at radius 1 is 0.906 bits per heavy atom. The van der Waals surface area contributed by atoms with Crippen LogP contribution in [0.5, 0.6) is 5.75 Å². The number of hydrogen-bond donors (Lipinski definition) is 1. The molecule has 0 fully saturated rings. The molecule has 0 aliphatic carbocycles. The van der Waals surface area contributed by atoms with Gasteiger partial charge in [0.2, 0.25) is 0 Å². The van der Waals surface area contributed by atoms with Gasteiger partial charge < -0.3 is 15.2 Å². The lowest BCUT2D eigenvalue weighted by molar-refractivity contribution is -0.179. The number of unbranched alkanes of at least 4 members (excludes halogenated alkanes) is 7. The van der Waals surface area contributed by atoms with Crippen LogP contribution in [-0.4, -0.2) is 29.9 Å². The minimum atomic E-state index is -4.59. The molecule has 4 nitrogen and oxygen atoms in total. The van der Waals surface area contributed by atoms with Crippen molar-refractivity contribution in [3.05, 3.63) is 29.8 Å². The summed E-state index contributed by atoms with van der Waals surface area (Å²) < 4.78 is 50.2. The molecule has 0 bridgehead atoms. The minimum absolute atomic E-state index is 0.278. The molecule has 1 rings (SSSR count). The summed E-state index contributed by atoms with van der Waals surface area (Å²) in [5.41, 5.74) is 3.34. The quantitative estimate of drug-likeness (QED) is 0.247. The standard InChI is InChI=1S/C25H40F3NO3/c1-5-6-7-8-9-10-11-12-17-31-21-15-13-20(14-16-21)18-24(29,19-25(26,27)28)22(30)32-23(2,3)4/h13-16H,5-12,17-19,29H2,1-4H3/t24-/m0/s1. The van der Waals surface area contributed by atoms with Gasteiger partial charge in [-0.3, -0.25) is 4.79 Å². The summed E-state index contributed by atoms with van der Waals surface area (Å²) >= 11 is 0. The number of carbonyl (C=O) groups is 1. The third-order valence-corrected chi connectivity index (χ3v) is 5.03. The van der Waals surface area contributed by atoms with E-state index in [1.165, 1.54) is 38.5 Å². The van der Waals surface area contributed by atoms with Crippen LogP contribution in [0, 0.1) is 0 Å². The van der Waals surface area contributed by atoms with Gasteiger partial charge in [0, 0.05) is 6.42 Å². The van der Waals surface area contributed by atoms with Crippen molar-refractivity contribution in [2.45, 2.75) is 109 Å². The Morgan fingerprint density at radius 2 is 1.44 bits per heavy atom. The van der Waals surface area contributed by atoms with Crippen molar-refractivity contribution in [3.63, 3.8) is 0 Å². The molecule has 184 valence electrons. The van der Waals surface area contributed by atoms with E-state index in [-0.39, 0.29) is 6.42 Å². The summed E-state index contributed by atoms with van der Waals surface area (Å²) in [4.78, 5) is 12.5. The average Bonchev–Trinajstić information content (AvgIpc) is 2.65. The zero-order valence-corrected chi connectivity index (χ0v) is 20.0. The van der Waals surface area contributed by atoms with Crippen LogP contribution in [0.25, 0.3) is 0 Å². The number of esters is 1. The fraction of sp³-hybridized carbons (Fsp3) is 0.720. The van der Waals surface area contributed by atoms with Gasteiger partial charge in [-0.2, -0.15) is 13.2 Å². The van der Waals surface area contributed by atoms with Crippen LogP contribution in [-0.2, 0) is 16.0 Å². The zero-order chi connectivity index (χ0) is 24.3. The van der Waals surface area contributed by atoms with Crippen LogP contribution in [0.3, 0.4) is 0 Å². The van der Waals surface area contributed by atoms with Crippen molar-refractivity contribution in [1.29, 1.82) is 0 Å². The van der Waals surface area contributed by atoms with Gasteiger partial charge in [-0.05, 0) is 44.9 Å². The van der Waals surface area contributed by atoms with Crippen LogP contribution in [0.1, 0.15) is 91.0 Å². The number of carbonyl (C=O) groups excluding carboxylic acids is 1. The van der Waals surface area contributed by atoms with Crippen LogP contribution in [0.15, 0.2) is 24.3 Å². The summed E-state index contributed by atoms with van der Waals surface area (Å²) in [6.45, 7) is 7.59. The Hall–Kier alpha value is -1.76. The van der Waals surface area contributed by atoms with Gasteiger partial charge >= 0.3 is 12.1 Å². The van der Waals surface area contributed by atoms with E-state index in [0.29, 0.717) is 17.9 Å². The van der Waals surface area contributed by atoms with Gasteiger partial charge in [-0.15, -0.1) is 0 Å². The van der Waals surface area contributed by atoms with Crippen molar-refractivity contribution in [3.8, 4) is 5.75 Å². The smallest absolute Gasteiger partial charge is 0.391 e. The molecular weight excluding hydrogens is 419 g/mol. The van der Waals surface area contributed by atoms with E-state index in [9.17, 15) is 18.0 Å². The number of rotatable bonds is 14. The highest BCUT2D eigenvalue weighted by Crippen LogP contribution is 2.31. The molecule has 0 aliphatic rings. The molecule has 0 saturated carbocycles. The lowest BCUT2D eigenvalue weighted by Crippen LogP contribution is -2.55. The first-order valence-corrected chi connectivity index (χ1v) is 11.7. The molecule has 7 heteroatoms. The number of ether oxygens (including phenoxy) is 2. The summed E-state index contributed by atoms with van der Waals surface area (Å²) in [7, 11) is 0. The van der Waals surface area contributed by atoms with Crippen LogP contribution in [0.4, 0.5) is 13.2 Å². The molecule has 0 unspecified atom stereocenters. The molecule has 0 radical (unpaired) electrons. The largest absolute Gasteiger partial charge is 0.494 e. The predicted molar refractivity (Wildman–Crippen MR) is 122 cm³/mol. The molecule has 0 amide bonds. The molecule has 1 aromatic rings. The Balaban J connectivity index is 2.57. The molecule has 1 atom stereocenters. The van der Waals surface area contributed by atoms with Gasteiger partial charge in [0.25, 0.3) is 0 Å². The Kier molecular flexibility index (Phi) is 11.5. The lowest BCUT2D eigenvalue weighted by Gasteiger charge is -2.32. The van der Waals surface area contributed by atoms with E-state index in [4.69, 9.17) is 15.2 Å². The highest BCUT2D eigenvalue weighted by Gasteiger charge is 2.47. The van der Waals surface area contributed by atoms with Crippen molar-refractivity contribution < 1.29 is 27.4 Å². The highest BCUT2D eigenvalue weighted by atomic mass is 19.4. The first-order valence-electron chi connectivity index (χ1n) is 11.7. The molecular formula is C25H40F3NO3. The van der Waals surface area contributed by atoms with Gasteiger partial charge in [-0.25, -0.2) is 0 Å². The molecule has 32 heavy (non-hydrogen) atoms. The van der Waals surface area contributed by atoms with Gasteiger partial charge in [0.1, 0.15) is 16.9 Å². The van der Waals surface area contributed by atoms with Crippen molar-refractivity contribution in [2.75, 3.05) is 6.61 Å². The molecule has 0 spiro atoms. The Bertz CT molecular complexity index is 668. The fourth-order valence-electron chi connectivity index (χ4n) is 3.44. The van der Waals surface area contributed by atoms with E-state index in [1.807, 2.05) is 0 Å². The second-order valence-electron chi connectivity index (χ2n) is 9.59. The van der Waals surface area contributed by atoms with Crippen LogP contribution in [0.2, 0.25) is 0 Å². The molecule has 1 aromatic carbocycles. The van der Waals surface area contributed by atoms with E-state index >= 15 is 0 Å². The number of nitrogens with two attached hydrogens (primary N) is 1. The van der Waals surface area contributed by atoms with Gasteiger partial charge in [-0.1, -0.05) is 64.0 Å². The summed E-state index contributed by atoms with van der Waals surface area (Å²) in [5, 5.41) is 0. The zero-order valence-electron chi connectivity index (χ0n) is 20.0. The third-order valence-electron chi connectivity index (χ3n) is 5.03. The first kappa shape index (κ1) is 28.3. The Morgan fingerprint density at radius 3 is 1.94 bits per heavy atom. The summed E-state index contributed by atoms with van der Waals surface area (Å²) in [5.74, 6) is -0.412. The molecule has 0 saturated heterocycles. The minimum Gasteiger partial charge on any atom is -0.494 e. The van der Waals surface area contributed by atoms with Crippen LogP contribution >= 0.6 is 0 Å². The maximum absolute atomic E-state index is 13.1. The molecule has 0 aromatic heterocycles. The van der Waals surface area contributed by atoms with E-state index in [1.54, 1.807) is 45.0 Å². The van der Waals surface area contributed by atoms with E-state index < -0.39 is 29.7 Å². The number of benzene rings is 1. The summed E-state index contributed by atoms with van der Waals surface area (Å²) in [6, 6.07) is 6.68. The van der Waals surface area contributed by atoms with Gasteiger partial charge in [0.05, 0.1) is 13.0 Å². The van der Waals surface area contributed by atoms with E-state index in [0.717, 1.165) is 12.8 Å². The maximum atomic E-state index is 13.1. The van der Waals surface area contributed by atoms with E-state index in [2.05, 4.69) is 6.92 Å². The SMILES string of the molecule is CCCCCCCCCCOc1ccc(C[C@](N)(CC(F)(F)F)C(=O)OC(C)(C)C)cc1. The van der Waals surface area contributed by atoms with Crippen molar-refractivity contribution in [1.82, 2.24) is 0 Å². The summed E-state index contributed by atoms with van der Waals surface area (Å²) in [6.07, 6.45) is 3.37. The number of alkyl halides is 3. The number of halogens is 3. The van der Waals surface area contributed by atoms with Crippen LogP contribution < -0.4 is 10.5 Å². The monoisotopic (exact) mass is 459 g/mol. The van der Waals surface area contributed by atoms with Gasteiger partial charge in [0.15, 0.2) is 0 Å². The molecule has 0 aliphatic heterocycles. The third kappa shape index (κ3) is 12.3. The van der Waals surface area contributed by atoms with Crippen molar-refractivity contribution >= 4 is 5.97 Å². The number of hydrogen-bond acceptors (Lipinski definition) is 4.